The summed E-state index contributed by atoms with van der Waals surface area (Å²) in [5.74, 6) is -0.783. The zero-order chi connectivity index (χ0) is 12.7. The van der Waals surface area contributed by atoms with Crippen LogP contribution in [0.3, 0.4) is 0 Å². The maximum Gasteiger partial charge on any atom is 0.331 e. The van der Waals surface area contributed by atoms with Gasteiger partial charge in [-0.15, -0.1) is 0 Å². The molecule has 1 saturated heterocycles. The first-order chi connectivity index (χ1) is 8.15. The maximum atomic E-state index is 11.0. The summed E-state index contributed by atoms with van der Waals surface area (Å²) < 4.78 is 5.39. The number of hydrogen-bond acceptors (Lipinski definition) is 2. The van der Waals surface area contributed by atoms with E-state index in [1.165, 1.54) is 19.3 Å². The van der Waals surface area contributed by atoms with E-state index < -0.39 is 5.97 Å². The molecule has 1 aliphatic rings. The minimum atomic E-state index is -0.783. The van der Waals surface area contributed by atoms with E-state index in [1.807, 2.05) is 0 Å². The van der Waals surface area contributed by atoms with Crippen LogP contribution in [-0.2, 0) is 9.53 Å². The van der Waals surface area contributed by atoms with Crippen molar-refractivity contribution in [3.63, 3.8) is 0 Å². The average molecular weight is 240 g/mol. The first-order valence-corrected chi connectivity index (χ1v) is 6.68. The topological polar surface area (TPSA) is 46.5 Å². The van der Waals surface area contributed by atoms with Crippen molar-refractivity contribution in [2.45, 2.75) is 64.9 Å². The van der Waals surface area contributed by atoms with Crippen molar-refractivity contribution < 1.29 is 14.6 Å². The Morgan fingerprint density at radius 1 is 1.35 bits per heavy atom. The summed E-state index contributed by atoms with van der Waals surface area (Å²) in [5.41, 5.74) is 1.61. The molecule has 1 fully saturated rings. The first-order valence-electron chi connectivity index (χ1n) is 6.68. The second kappa shape index (κ2) is 7.49. The van der Waals surface area contributed by atoms with Crippen LogP contribution in [0.15, 0.2) is 11.1 Å². The lowest BCUT2D eigenvalue weighted by molar-refractivity contribution is -0.132. The lowest BCUT2D eigenvalue weighted by atomic mass is 9.94. The van der Waals surface area contributed by atoms with Gasteiger partial charge in [-0.2, -0.15) is 0 Å². The molecule has 0 bridgehead atoms. The van der Waals surface area contributed by atoms with Gasteiger partial charge in [0.1, 0.15) is 0 Å². The molecule has 98 valence electrons. The third-order valence-electron chi connectivity index (χ3n) is 3.45. The SMILES string of the molecule is CCCCCCC(CC1CCO1)=C(C)C(=O)O. The fourth-order valence-electron chi connectivity index (χ4n) is 2.08. The molecule has 3 nitrogen and oxygen atoms in total. The molecule has 0 aliphatic carbocycles. The molecule has 3 heteroatoms. The van der Waals surface area contributed by atoms with Gasteiger partial charge >= 0.3 is 5.97 Å². The summed E-state index contributed by atoms with van der Waals surface area (Å²) in [7, 11) is 0. The predicted molar refractivity (Wildman–Crippen MR) is 68.1 cm³/mol. The molecule has 0 spiro atoms. The lowest BCUT2D eigenvalue weighted by Crippen LogP contribution is -2.27. The molecule has 1 rings (SSSR count). The summed E-state index contributed by atoms with van der Waals surface area (Å²) in [6.45, 7) is 4.73. The Morgan fingerprint density at radius 3 is 2.53 bits per heavy atom. The number of ether oxygens (including phenoxy) is 1. The van der Waals surface area contributed by atoms with E-state index in [2.05, 4.69) is 6.92 Å². The minimum absolute atomic E-state index is 0.269. The van der Waals surface area contributed by atoms with E-state index >= 15 is 0 Å². The van der Waals surface area contributed by atoms with E-state index in [4.69, 9.17) is 9.84 Å². The molecule has 0 aromatic heterocycles. The molecule has 0 aromatic rings. The summed E-state index contributed by atoms with van der Waals surface area (Å²) >= 11 is 0. The van der Waals surface area contributed by atoms with Crippen LogP contribution in [0.4, 0.5) is 0 Å². The van der Waals surface area contributed by atoms with E-state index in [-0.39, 0.29) is 6.10 Å². The number of unbranched alkanes of at least 4 members (excludes halogenated alkanes) is 3. The molecule has 0 aromatic carbocycles. The number of carbonyl (C=O) groups is 1. The highest BCUT2D eigenvalue weighted by atomic mass is 16.5. The van der Waals surface area contributed by atoms with Gasteiger partial charge < -0.3 is 9.84 Å². The van der Waals surface area contributed by atoms with Gasteiger partial charge in [0.05, 0.1) is 6.10 Å². The predicted octanol–water partition coefficient (Wildman–Crippen LogP) is 3.54. The largest absolute Gasteiger partial charge is 0.478 e. The fourth-order valence-corrected chi connectivity index (χ4v) is 2.08. The van der Waals surface area contributed by atoms with Gasteiger partial charge in [-0.1, -0.05) is 31.8 Å². The van der Waals surface area contributed by atoms with Crippen molar-refractivity contribution >= 4 is 5.97 Å². The Kier molecular flexibility index (Phi) is 6.27. The Bertz CT molecular complexity index is 277. The molecule has 0 amide bonds. The Balaban J connectivity index is 2.46. The fraction of sp³-hybridized carbons (Fsp3) is 0.786. The molecule has 1 heterocycles. The Labute approximate surface area is 104 Å². The molecular weight excluding hydrogens is 216 g/mol. The normalized spacial score (nSPS) is 20.7. The van der Waals surface area contributed by atoms with Gasteiger partial charge in [-0.25, -0.2) is 4.79 Å². The van der Waals surface area contributed by atoms with E-state index in [0.717, 1.165) is 37.9 Å². The number of carboxylic acids is 1. The standard InChI is InChI=1S/C14H24O3/c1-3-4-5-6-7-12(11(2)14(15)16)10-13-8-9-17-13/h13H,3-10H2,1-2H3,(H,15,16). The second-order valence-electron chi connectivity index (χ2n) is 4.83. The molecule has 1 atom stereocenters. The van der Waals surface area contributed by atoms with Crippen LogP contribution < -0.4 is 0 Å². The first kappa shape index (κ1) is 14.2. The van der Waals surface area contributed by atoms with Crippen LogP contribution in [-0.4, -0.2) is 23.8 Å². The third kappa shape index (κ3) is 4.90. The van der Waals surface area contributed by atoms with Crippen molar-refractivity contribution in [1.29, 1.82) is 0 Å². The third-order valence-corrected chi connectivity index (χ3v) is 3.45. The highest BCUT2D eigenvalue weighted by molar-refractivity contribution is 5.86. The van der Waals surface area contributed by atoms with Crippen LogP contribution in [0.5, 0.6) is 0 Å². The van der Waals surface area contributed by atoms with Gasteiger partial charge in [-0.05, 0) is 32.6 Å². The van der Waals surface area contributed by atoms with E-state index in [1.54, 1.807) is 6.92 Å². The molecule has 1 aliphatic heterocycles. The van der Waals surface area contributed by atoms with Crippen LogP contribution in [0.25, 0.3) is 0 Å². The van der Waals surface area contributed by atoms with Crippen LogP contribution in [0.1, 0.15) is 58.8 Å². The summed E-state index contributed by atoms with van der Waals surface area (Å²) in [4.78, 5) is 11.0. The number of carboxylic acid groups (broad SMARTS) is 1. The van der Waals surface area contributed by atoms with Crippen molar-refractivity contribution in [2.75, 3.05) is 6.61 Å². The van der Waals surface area contributed by atoms with Gasteiger partial charge in [-0.3, -0.25) is 0 Å². The van der Waals surface area contributed by atoms with Gasteiger partial charge in [0, 0.05) is 12.2 Å². The molecule has 0 radical (unpaired) electrons. The zero-order valence-corrected chi connectivity index (χ0v) is 11.0. The quantitative estimate of drug-likeness (QED) is 0.521. The van der Waals surface area contributed by atoms with Crippen molar-refractivity contribution in [3.05, 3.63) is 11.1 Å². The highest BCUT2D eigenvalue weighted by Gasteiger charge is 2.21. The summed E-state index contributed by atoms with van der Waals surface area (Å²) in [6, 6.07) is 0. The monoisotopic (exact) mass is 240 g/mol. The average Bonchev–Trinajstić information content (AvgIpc) is 2.24. The molecule has 1 N–H and O–H groups in total. The summed E-state index contributed by atoms with van der Waals surface area (Å²) in [6.07, 6.45) is 7.81. The summed E-state index contributed by atoms with van der Waals surface area (Å²) in [5, 5.41) is 9.06. The molecular formula is C14H24O3. The van der Waals surface area contributed by atoms with Gasteiger partial charge in [0.25, 0.3) is 0 Å². The highest BCUT2D eigenvalue weighted by Crippen LogP contribution is 2.25. The van der Waals surface area contributed by atoms with Crippen molar-refractivity contribution in [3.8, 4) is 0 Å². The number of rotatable bonds is 8. The Morgan fingerprint density at radius 2 is 2.06 bits per heavy atom. The maximum absolute atomic E-state index is 11.0. The smallest absolute Gasteiger partial charge is 0.331 e. The Hall–Kier alpha value is -0.830. The molecule has 0 saturated carbocycles. The van der Waals surface area contributed by atoms with Crippen LogP contribution >= 0.6 is 0 Å². The number of hydrogen-bond donors (Lipinski definition) is 1. The van der Waals surface area contributed by atoms with Crippen LogP contribution in [0, 0.1) is 0 Å². The van der Waals surface area contributed by atoms with Crippen molar-refractivity contribution in [1.82, 2.24) is 0 Å². The molecule has 17 heavy (non-hydrogen) atoms. The van der Waals surface area contributed by atoms with E-state index in [9.17, 15) is 4.79 Å². The second-order valence-corrected chi connectivity index (χ2v) is 4.83. The van der Waals surface area contributed by atoms with Gasteiger partial charge in [0.15, 0.2) is 0 Å². The zero-order valence-electron chi connectivity index (χ0n) is 11.0. The minimum Gasteiger partial charge on any atom is -0.478 e. The van der Waals surface area contributed by atoms with Crippen molar-refractivity contribution in [2.24, 2.45) is 0 Å². The van der Waals surface area contributed by atoms with Crippen LogP contribution in [0.2, 0.25) is 0 Å². The molecule has 1 unspecified atom stereocenters. The lowest BCUT2D eigenvalue weighted by Gasteiger charge is -2.28. The van der Waals surface area contributed by atoms with Gasteiger partial charge in [0.2, 0.25) is 0 Å². The number of aliphatic carboxylic acids is 1. The van der Waals surface area contributed by atoms with E-state index in [0.29, 0.717) is 5.57 Å².